The smallest absolute Gasteiger partial charge is 0.275 e. The van der Waals surface area contributed by atoms with E-state index in [0.29, 0.717) is 13.0 Å². The minimum atomic E-state index is -0.427. The summed E-state index contributed by atoms with van der Waals surface area (Å²) < 4.78 is 0. The van der Waals surface area contributed by atoms with Crippen molar-refractivity contribution in [1.82, 2.24) is 20.0 Å². The van der Waals surface area contributed by atoms with Crippen molar-refractivity contribution in [2.24, 2.45) is 0 Å². The minimum absolute atomic E-state index is 0.124. The van der Waals surface area contributed by atoms with Gasteiger partial charge >= 0.3 is 0 Å². The lowest BCUT2D eigenvalue weighted by Crippen LogP contribution is -2.56. The SMILES string of the molecule is O=C(c1cc(-c2cccs2)[nH]n1)N1CC(=O)N(CCc2ccccc2)C(=O)C1. The number of aromatic amines is 1. The number of amides is 3. The highest BCUT2D eigenvalue weighted by molar-refractivity contribution is 7.13. The average Bonchev–Trinajstić information content (AvgIpc) is 3.39. The summed E-state index contributed by atoms with van der Waals surface area (Å²) in [5.74, 6) is -1.16. The number of benzene rings is 1. The Hall–Kier alpha value is -3.26. The molecule has 8 heteroatoms. The van der Waals surface area contributed by atoms with Gasteiger partial charge in [-0.1, -0.05) is 36.4 Å². The van der Waals surface area contributed by atoms with Gasteiger partial charge in [-0.25, -0.2) is 0 Å². The van der Waals surface area contributed by atoms with Crippen LogP contribution in [0.25, 0.3) is 10.6 Å². The van der Waals surface area contributed by atoms with E-state index in [2.05, 4.69) is 10.2 Å². The maximum Gasteiger partial charge on any atom is 0.275 e. The Labute approximate surface area is 165 Å². The third-order valence-electron chi connectivity index (χ3n) is 4.59. The second kappa shape index (κ2) is 7.77. The molecule has 1 N–H and O–H groups in total. The zero-order valence-electron chi connectivity index (χ0n) is 15.0. The zero-order valence-corrected chi connectivity index (χ0v) is 15.8. The summed E-state index contributed by atoms with van der Waals surface area (Å²) in [5, 5.41) is 8.81. The van der Waals surface area contributed by atoms with Crippen LogP contribution in [0, 0.1) is 0 Å². The van der Waals surface area contributed by atoms with Crippen LogP contribution < -0.4 is 0 Å². The van der Waals surface area contributed by atoms with E-state index in [1.54, 1.807) is 6.07 Å². The van der Waals surface area contributed by atoms with Gasteiger partial charge in [0.1, 0.15) is 13.1 Å². The third kappa shape index (κ3) is 3.72. The molecule has 0 saturated carbocycles. The largest absolute Gasteiger partial charge is 0.319 e. The molecule has 0 radical (unpaired) electrons. The number of carbonyl (C=O) groups excluding carboxylic acids is 3. The predicted octanol–water partition coefficient (Wildman–Crippen LogP) is 2.19. The molecule has 0 unspecified atom stereocenters. The molecule has 0 spiro atoms. The van der Waals surface area contributed by atoms with Crippen LogP contribution in [0.2, 0.25) is 0 Å². The van der Waals surface area contributed by atoms with Gasteiger partial charge in [-0.3, -0.25) is 24.4 Å². The second-order valence-electron chi connectivity index (χ2n) is 6.48. The number of thiophene rings is 1. The molecule has 2 aromatic heterocycles. The number of rotatable bonds is 5. The van der Waals surface area contributed by atoms with Gasteiger partial charge < -0.3 is 4.90 Å². The monoisotopic (exact) mass is 394 g/mol. The maximum atomic E-state index is 12.7. The molecular weight excluding hydrogens is 376 g/mol. The Balaban J connectivity index is 1.40. The van der Waals surface area contributed by atoms with Gasteiger partial charge in [-0.15, -0.1) is 11.3 Å². The van der Waals surface area contributed by atoms with E-state index in [9.17, 15) is 14.4 Å². The molecule has 3 heterocycles. The van der Waals surface area contributed by atoms with E-state index in [-0.39, 0.29) is 30.6 Å². The summed E-state index contributed by atoms with van der Waals surface area (Å²) in [6.07, 6.45) is 0.593. The number of aromatic nitrogens is 2. The number of carbonyl (C=O) groups is 3. The first-order chi connectivity index (χ1) is 13.6. The summed E-state index contributed by atoms with van der Waals surface area (Å²) >= 11 is 1.53. The van der Waals surface area contributed by atoms with Gasteiger partial charge in [-0.05, 0) is 29.5 Å². The fourth-order valence-electron chi connectivity index (χ4n) is 3.12. The van der Waals surface area contributed by atoms with Crippen molar-refractivity contribution in [2.75, 3.05) is 19.6 Å². The molecule has 3 aromatic rings. The number of piperazine rings is 1. The first-order valence-corrected chi connectivity index (χ1v) is 9.75. The van der Waals surface area contributed by atoms with Gasteiger partial charge in [-0.2, -0.15) is 5.10 Å². The number of hydrogen-bond donors (Lipinski definition) is 1. The molecule has 0 atom stereocenters. The van der Waals surface area contributed by atoms with Crippen LogP contribution in [0.3, 0.4) is 0 Å². The Morgan fingerprint density at radius 3 is 2.50 bits per heavy atom. The van der Waals surface area contributed by atoms with Crippen LogP contribution in [0.5, 0.6) is 0 Å². The summed E-state index contributed by atoms with van der Waals surface area (Å²) in [7, 11) is 0. The lowest BCUT2D eigenvalue weighted by Gasteiger charge is -2.32. The number of nitrogens with one attached hydrogen (secondary N) is 1. The fourth-order valence-corrected chi connectivity index (χ4v) is 3.81. The Morgan fingerprint density at radius 1 is 1.07 bits per heavy atom. The topological polar surface area (TPSA) is 86.4 Å². The van der Waals surface area contributed by atoms with Gasteiger partial charge in [0.25, 0.3) is 5.91 Å². The molecule has 0 bridgehead atoms. The summed E-state index contributed by atoms with van der Waals surface area (Å²) in [5.41, 5.74) is 1.98. The lowest BCUT2D eigenvalue weighted by atomic mass is 10.1. The zero-order chi connectivity index (χ0) is 19.5. The Kier molecular flexibility index (Phi) is 5.03. The van der Waals surface area contributed by atoms with Crippen LogP contribution in [0.15, 0.2) is 53.9 Å². The molecule has 3 amide bonds. The van der Waals surface area contributed by atoms with E-state index in [1.807, 2.05) is 47.8 Å². The molecule has 0 aliphatic carbocycles. The number of nitrogens with zero attached hydrogens (tertiary/aromatic N) is 3. The lowest BCUT2D eigenvalue weighted by molar-refractivity contribution is -0.150. The standard InChI is InChI=1S/C20H18N4O3S/c25-18-12-23(13-19(26)24(18)9-8-14-5-2-1-3-6-14)20(27)16-11-15(21-22-16)17-7-4-10-28-17/h1-7,10-11H,8-9,12-13H2,(H,21,22). The molecule has 28 heavy (non-hydrogen) atoms. The van der Waals surface area contributed by atoms with E-state index >= 15 is 0 Å². The van der Waals surface area contributed by atoms with Crippen molar-refractivity contribution in [3.63, 3.8) is 0 Å². The number of hydrogen-bond acceptors (Lipinski definition) is 5. The van der Waals surface area contributed by atoms with E-state index in [0.717, 1.165) is 16.1 Å². The minimum Gasteiger partial charge on any atom is -0.319 e. The fraction of sp³-hybridized carbons (Fsp3) is 0.200. The average molecular weight is 394 g/mol. The predicted molar refractivity (Wildman–Crippen MR) is 105 cm³/mol. The molecular formula is C20H18N4O3S. The third-order valence-corrected chi connectivity index (χ3v) is 5.50. The van der Waals surface area contributed by atoms with Crippen LogP contribution >= 0.6 is 11.3 Å². The normalized spacial score (nSPS) is 14.6. The first-order valence-electron chi connectivity index (χ1n) is 8.87. The molecule has 1 saturated heterocycles. The Bertz CT molecular complexity index is 980. The first kappa shape index (κ1) is 18.1. The highest BCUT2D eigenvalue weighted by Gasteiger charge is 2.34. The van der Waals surface area contributed by atoms with Crippen LogP contribution in [0.4, 0.5) is 0 Å². The molecule has 1 aromatic carbocycles. The number of imide groups is 1. The van der Waals surface area contributed by atoms with Crippen LogP contribution in [-0.2, 0) is 16.0 Å². The van der Waals surface area contributed by atoms with Gasteiger partial charge in [0, 0.05) is 6.54 Å². The van der Waals surface area contributed by atoms with Crippen molar-refractivity contribution in [1.29, 1.82) is 0 Å². The van der Waals surface area contributed by atoms with Gasteiger partial charge in [0.05, 0.1) is 10.6 Å². The molecule has 142 valence electrons. The highest BCUT2D eigenvalue weighted by atomic mass is 32.1. The quantitative estimate of drug-likeness (QED) is 0.672. The summed E-state index contributed by atoms with van der Waals surface area (Å²) in [6, 6.07) is 15.1. The van der Waals surface area contributed by atoms with Crippen LogP contribution in [0.1, 0.15) is 16.1 Å². The van der Waals surface area contributed by atoms with E-state index < -0.39 is 5.91 Å². The van der Waals surface area contributed by atoms with Crippen molar-refractivity contribution in [3.8, 4) is 10.6 Å². The van der Waals surface area contributed by atoms with Crippen LogP contribution in [-0.4, -0.2) is 57.4 Å². The molecule has 7 nitrogen and oxygen atoms in total. The molecule has 1 aliphatic heterocycles. The van der Waals surface area contributed by atoms with Crippen molar-refractivity contribution >= 4 is 29.1 Å². The molecule has 1 fully saturated rings. The summed E-state index contributed by atoms with van der Waals surface area (Å²) in [4.78, 5) is 41.0. The van der Waals surface area contributed by atoms with Crippen molar-refractivity contribution in [2.45, 2.75) is 6.42 Å². The van der Waals surface area contributed by atoms with Gasteiger partial charge in [0.15, 0.2) is 5.69 Å². The molecule has 1 aliphatic rings. The van der Waals surface area contributed by atoms with Crippen molar-refractivity contribution < 1.29 is 14.4 Å². The van der Waals surface area contributed by atoms with Gasteiger partial charge in [0.2, 0.25) is 11.8 Å². The van der Waals surface area contributed by atoms with E-state index in [4.69, 9.17) is 0 Å². The summed E-state index contributed by atoms with van der Waals surface area (Å²) in [6.45, 7) is 0.0652. The van der Waals surface area contributed by atoms with Crippen molar-refractivity contribution in [3.05, 3.63) is 65.2 Å². The highest BCUT2D eigenvalue weighted by Crippen LogP contribution is 2.23. The van der Waals surface area contributed by atoms with E-state index in [1.165, 1.54) is 21.1 Å². The second-order valence-corrected chi connectivity index (χ2v) is 7.43. The molecule has 4 rings (SSSR count). The maximum absolute atomic E-state index is 12.7. The Morgan fingerprint density at radius 2 is 1.82 bits per heavy atom. The number of H-pyrrole nitrogens is 1.